The maximum absolute atomic E-state index is 5.82. The zero-order valence-corrected chi connectivity index (χ0v) is 15.2. The van der Waals surface area contributed by atoms with E-state index in [0.717, 1.165) is 49.9 Å². The molecule has 1 aromatic carbocycles. The van der Waals surface area contributed by atoms with Crippen molar-refractivity contribution in [2.45, 2.75) is 26.3 Å². The highest BCUT2D eigenvalue weighted by molar-refractivity contribution is 5.45. The number of nitrogens with one attached hydrogen (secondary N) is 1. The van der Waals surface area contributed by atoms with Crippen molar-refractivity contribution in [3.05, 3.63) is 47.9 Å². The number of hydrogen-bond acceptors (Lipinski definition) is 5. The highest BCUT2D eigenvalue weighted by Gasteiger charge is 2.26. The fourth-order valence-corrected chi connectivity index (χ4v) is 3.36. The van der Waals surface area contributed by atoms with E-state index in [0.29, 0.717) is 13.2 Å². The number of hydrogen-bond donors (Lipinski definition) is 1. The zero-order chi connectivity index (χ0) is 17.5. The van der Waals surface area contributed by atoms with Crippen molar-refractivity contribution in [3.63, 3.8) is 0 Å². The second-order valence-corrected chi connectivity index (χ2v) is 6.13. The van der Waals surface area contributed by atoms with Gasteiger partial charge in [-0.2, -0.15) is 0 Å². The minimum atomic E-state index is 0.0878. The predicted molar refractivity (Wildman–Crippen MR) is 98.4 cm³/mol. The molecule has 1 fully saturated rings. The van der Waals surface area contributed by atoms with E-state index in [1.807, 2.05) is 26.0 Å². The summed E-state index contributed by atoms with van der Waals surface area (Å²) in [7, 11) is 0. The average molecular weight is 344 g/mol. The Balaban J connectivity index is 1.96. The van der Waals surface area contributed by atoms with Gasteiger partial charge in [-0.25, -0.2) is 0 Å². The van der Waals surface area contributed by atoms with Crippen LogP contribution in [0.2, 0.25) is 0 Å². The molecule has 5 nitrogen and oxygen atoms in total. The minimum absolute atomic E-state index is 0.0878. The maximum Gasteiger partial charge on any atom is 0.161 e. The van der Waals surface area contributed by atoms with Crippen molar-refractivity contribution in [2.75, 3.05) is 39.4 Å². The molecule has 1 unspecified atom stereocenters. The van der Waals surface area contributed by atoms with Crippen molar-refractivity contribution >= 4 is 0 Å². The van der Waals surface area contributed by atoms with Gasteiger partial charge in [-0.15, -0.1) is 0 Å². The van der Waals surface area contributed by atoms with Crippen LogP contribution in [-0.2, 0) is 0 Å². The lowest BCUT2D eigenvalue weighted by Crippen LogP contribution is -2.32. The minimum Gasteiger partial charge on any atom is -0.490 e. The molecule has 25 heavy (non-hydrogen) atoms. The first-order chi connectivity index (χ1) is 12.3. The molecule has 1 aromatic heterocycles. The molecule has 1 atom stereocenters. The molecular weight excluding hydrogens is 316 g/mol. The van der Waals surface area contributed by atoms with Gasteiger partial charge in [0, 0.05) is 19.6 Å². The molecule has 1 aliphatic rings. The summed E-state index contributed by atoms with van der Waals surface area (Å²) >= 11 is 0. The largest absolute Gasteiger partial charge is 0.490 e. The summed E-state index contributed by atoms with van der Waals surface area (Å²) in [6.07, 6.45) is 2.88. The van der Waals surface area contributed by atoms with Gasteiger partial charge >= 0.3 is 0 Å². The molecule has 1 N–H and O–H groups in total. The normalized spacial score (nSPS) is 17.0. The number of nitrogens with zero attached hydrogens (tertiary/aromatic N) is 1. The molecule has 0 bridgehead atoms. The van der Waals surface area contributed by atoms with Crippen LogP contribution in [0, 0.1) is 0 Å². The Morgan fingerprint density at radius 2 is 1.92 bits per heavy atom. The van der Waals surface area contributed by atoms with Crippen molar-refractivity contribution in [3.8, 4) is 11.5 Å². The van der Waals surface area contributed by atoms with Gasteiger partial charge < -0.3 is 19.2 Å². The molecule has 3 rings (SSSR count). The molecule has 0 saturated carbocycles. The highest BCUT2D eigenvalue weighted by Crippen LogP contribution is 2.36. The molecular formula is C20H28N2O3. The van der Waals surface area contributed by atoms with Gasteiger partial charge in [0.1, 0.15) is 5.76 Å². The monoisotopic (exact) mass is 344 g/mol. The molecule has 1 saturated heterocycles. The number of rotatable bonds is 7. The third-order valence-corrected chi connectivity index (χ3v) is 4.44. The molecule has 0 radical (unpaired) electrons. The Kier molecular flexibility index (Phi) is 6.36. The topological polar surface area (TPSA) is 46.9 Å². The number of ether oxygens (including phenoxy) is 2. The molecule has 2 heterocycles. The SMILES string of the molecule is CCOc1ccc(C(c2ccco2)N2CCCNCC2)cc1OCC. The lowest BCUT2D eigenvalue weighted by atomic mass is 10.0. The third-order valence-electron chi connectivity index (χ3n) is 4.44. The molecule has 5 heteroatoms. The molecule has 1 aliphatic heterocycles. The summed E-state index contributed by atoms with van der Waals surface area (Å²) in [5.41, 5.74) is 1.17. The van der Waals surface area contributed by atoms with Crippen LogP contribution >= 0.6 is 0 Å². The van der Waals surface area contributed by atoms with Crippen LogP contribution in [0.4, 0.5) is 0 Å². The molecule has 136 valence electrons. The fraction of sp³-hybridized carbons (Fsp3) is 0.500. The number of benzene rings is 1. The molecule has 0 aliphatic carbocycles. The van der Waals surface area contributed by atoms with Gasteiger partial charge in [0.2, 0.25) is 0 Å². The van der Waals surface area contributed by atoms with Crippen LogP contribution in [0.5, 0.6) is 11.5 Å². The van der Waals surface area contributed by atoms with E-state index in [2.05, 4.69) is 28.4 Å². The van der Waals surface area contributed by atoms with Crippen LogP contribution in [-0.4, -0.2) is 44.3 Å². The summed E-state index contributed by atoms with van der Waals surface area (Å²) in [6, 6.07) is 10.3. The first kappa shape index (κ1) is 17.8. The Hall–Kier alpha value is -1.98. The van der Waals surface area contributed by atoms with Crippen LogP contribution in [0.25, 0.3) is 0 Å². The Morgan fingerprint density at radius 1 is 1.08 bits per heavy atom. The van der Waals surface area contributed by atoms with Crippen LogP contribution < -0.4 is 14.8 Å². The van der Waals surface area contributed by atoms with E-state index in [4.69, 9.17) is 13.9 Å². The predicted octanol–water partition coefficient (Wildman–Crippen LogP) is 3.46. The Morgan fingerprint density at radius 3 is 2.68 bits per heavy atom. The van der Waals surface area contributed by atoms with Crippen LogP contribution in [0.15, 0.2) is 41.0 Å². The maximum atomic E-state index is 5.82. The fourth-order valence-electron chi connectivity index (χ4n) is 3.36. The van der Waals surface area contributed by atoms with E-state index in [-0.39, 0.29) is 6.04 Å². The molecule has 0 spiro atoms. The van der Waals surface area contributed by atoms with Crippen LogP contribution in [0.3, 0.4) is 0 Å². The van der Waals surface area contributed by atoms with E-state index in [1.54, 1.807) is 6.26 Å². The molecule has 2 aromatic rings. The Bertz CT molecular complexity index is 634. The average Bonchev–Trinajstić information content (AvgIpc) is 3.01. The van der Waals surface area contributed by atoms with E-state index < -0.39 is 0 Å². The first-order valence-electron chi connectivity index (χ1n) is 9.21. The van der Waals surface area contributed by atoms with Gasteiger partial charge in [0.15, 0.2) is 11.5 Å². The number of furan rings is 1. The smallest absolute Gasteiger partial charge is 0.161 e. The van der Waals surface area contributed by atoms with E-state index in [9.17, 15) is 0 Å². The standard InChI is InChI=1S/C20H28N2O3/c1-3-23-17-9-8-16(15-19(17)24-4-2)20(18-7-5-14-25-18)22-12-6-10-21-11-13-22/h5,7-9,14-15,20-21H,3-4,6,10-13H2,1-2H3. The van der Waals surface area contributed by atoms with Crippen molar-refractivity contribution in [1.82, 2.24) is 10.2 Å². The Labute approximate surface area is 149 Å². The van der Waals surface area contributed by atoms with E-state index >= 15 is 0 Å². The van der Waals surface area contributed by atoms with Gasteiger partial charge in [-0.1, -0.05) is 6.07 Å². The third kappa shape index (κ3) is 4.35. The van der Waals surface area contributed by atoms with Gasteiger partial charge in [0.05, 0.1) is 25.5 Å². The lowest BCUT2D eigenvalue weighted by molar-refractivity contribution is 0.215. The summed E-state index contributed by atoms with van der Waals surface area (Å²) < 4.78 is 17.3. The first-order valence-corrected chi connectivity index (χ1v) is 9.21. The summed E-state index contributed by atoms with van der Waals surface area (Å²) in [5, 5.41) is 3.47. The second-order valence-electron chi connectivity index (χ2n) is 6.13. The van der Waals surface area contributed by atoms with Gasteiger partial charge in [-0.3, -0.25) is 4.90 Å². The van der Waals surface area contributed by atoms with Crippen molar-refractivity contribution in [2.24, 2.45) is 0 Å². The van der Waals surface area contributed by atoms with Gasteiger partial charge in [0.25, 0.3) is 0 Å². The lowest BCUT2D eigenvalue weighted by Gasteiger charge is -2.29. The second kappa shape index (κ2) is 8.92. The summed E-state index contributed by atoms with van der Waals surface area (Å²) in [5.74, 6) is 2.56. The molecule has 0 amide bonds. The highest BCUT2D eigenvalue weighted by atomic mass is 16.5. The van der Waals surface area contributed by atoms with Crippen LogP contribution in [0.1, 0.15) is 37.6 Å². The quantitative estimate of drug-likeness (QED) is 0.833. The van der Waals surface area contributed by atoms with E-state index in [1.165, 1.54) is 5.56 Å². The van der Waals surface area contributed by atoms with Crippen molar-refractivity contribution < 1.29 is 13.9 Å². The van der Waals surface area contributed by atoms with Gasteiger partial charge in [-0.05, 0) is 56.6 Å². The zero-order valence-electron chi connectivity index (χ0n) is 15.2. The summed E-state index contributed by atoms with van der Waals surface area (Å²) in [6.45, 7) is 9.30. The summed E-state index contributed by atoms with van der Waals surface area (Å²) in [4.78, 5) is 2.48. The van der Waals surface area contributed by atoms with Crippen molar-refractivity contribution in [1.29, 1.82) is 0 Å².